The average molecular weight is 399 g/mol. The van der Waals surface area contributed by atoms with Crippen LogP contribution in [-0.4, -0.2) is 4.92 Å². The van der Waals surface area contributed by atoms with Gasteiger partial charge in [0.2, 0.25) is 0 Å². The molecule has 4 aromatic rings. The lowest BCUT2D eigenvalue weighted by atomic mass is 10.1. The van der Waals surface area contributed by atoms with Crippen molar-refractivity contribution in [3.05, 3.63) is 88.7 Å². The fourth-order valence-corrected chi connectivity index (χ4v) is 2.86. The van der Waals surface area contributed by atoms with Crippen LogP contribution in [0.1, 0.15) is 5.56 Å². The van der Waals surface area contributed by atoms with Gasteiger partial charge in [0.25, 0.3) is 5.69 Å². The zero-order chi connectivity index (χ0) is 20.6. The van der Waals surface area contributed by atoms with Crippen molar-refractivity contribution in [2.45, 2.75) is 6.18 Å². The van der Waals surface area contributed by atoms with E-state index in [0.717, 1.165) is 12.1 Å². The van der Waals surface area contributed by atoms with Gasteiger partial charge in [0.15, 0.2) is 0 Å². The van der Waals surface area contributed by atoms with Crippen LogP contribution >= 0.6 is 0 Å². The van der Waals surface area contributed by atoms with Gasteiger partial charge < -0.3 is 8.83 Å². The number of nitro groups is 1. The molecule has 8 heteroatoms. The summed E-state index contributed by atoms with van der Waals surface area (Å²) in [6.45, 7) is 0. The Morgan fingerprint density at radius 3 is 2.14 bits per heavy atom. The molecule has 0 unspecified atom stereocenters. The Kier molecular flexibility index (Phi) is 4.46. The maximum atomic E-state index is 12.9. The van der Waals surface area contributed by atoms with Crippen molar-refractivity contribution in [2.24, 2.45) is 0 Å². The van der Waals surface area contributed by atoms with Crippen LogP contribution in [0, 0.1) is 10.1 Å². The third-order valence-electron chi connectivity index (χ3n) is 4.33. The normalized spacial score (nSPS) is 11.6. The van der Waals surface area contributed by atoms with E-state index in [1.54, 1.807) is 30.3 Å². The second-order valence-corrected chi connectivity index (χ2v) is 6.25. The fraction of sp³-hybridized carbons (Fsp3) is 0.0476. The number of alkyl halides is 3. The van der Waals surface area contributed by atoms with Crippen molar-refractivity contribution >= 4 is 5.69 Å². The van der Waals surface area contributed by atoms with E-state index in [9.17, 15) is 23.3 Å². The van der Waals surface area contributed by atoms with E-state index in [4.69, 9.17) is 8.83 Å². The van der Waals surface area contributed by atoms with Crippen LogP contribution in [0.2, 0.25) is 0 Å². The second-order valence-electron chi connectivity index (χ2n) is 6.25. The van der Waals surface area contributed by atoms with E-state index in [2.05, 4.69) is 0 Å². The zero-order valence-electron chi connectivity index (χ0n) is 14.6. The molecule has 146 valence electrons. The molecular weight excluding hydrogens is 387 g/mol. The van der Waals surface area contributed by atoms with Gasteiger partial charge in [-0.25, -0.2) is 0 Å². The van der Waals surface area contributed by atoms with Gasteiger partial charge in [0.05, 0.1) is 16.1 Å². The number of nitro benzene ring substituents is 1. The molecule has 2 heterocycles. The number of furan rings is 2. The van der Waals surface area contributed by atoms with Gasteiger partial charge in [-0.3, -0.25) is 10.1 Å². The highest BCUT2D eigenvalue weighted by atomic mass is 19.4. The summed E-state index contributed by atoms with van der Waals surface area (Å²) in [5, 5.41) is 10.7. The first-order chi connectivity index (χ1) is 13.8. The third kappa shape index (κ3) is 3.77. The van der Waals surface area contributed by atoms with Crippen molar-refractivity contribution in [3.8, 4) is 34.0 Å². The van der Waals surface area contributed by atoms with Gasteiger partial charge in [-0.1, -0.05) is 12.1 Å². The summed E-state index contributed by atoms with van der Waals surface area (Å²) in [5.41, 5.74) is 0.766. The molecule has 5 nitrogen and oxygen atoms in total. The Morgan fingerprint density at radius 2 is 1.48 bits per heavy atom. The van der Waals surface area contributed by atoms with E-state index < -0.39 is 16.7 Å². The Balaban J connectivity index is 1.60. The van der Waals surface area contributed by atoms with Gasteiger partial charge in [0.1, 0.15) is 23.5 Å². The molecule has 0 N–H and O–H groups in total. The molecule has 0 atom stereocenters. The van der Waals surface area contributed by atoms with Gasteiger partial charge in [-0.2, -0.15) is 13.2 Å². The number of hydrogen-bond donors (Lipinski definition) is 0. The van der Waals surface area contributed by atoms with Crippen molar-refractivity contribution in [2.75, 3.05) is 0 Å². The van der Waals surface area contributed by atoms with Crippen LogP contribution in [-0.2, 0) is 6.18 Å². The highest BCUT2D eigenvalue weighted by molar-refractivity contribution is 5.70. The minimum absolute atomic E-state index is 0.0303. The summed E-state index contributed by atoms with van der Waals surface area (Å²) in [5.74, 6) is 1.20. The van der Waals surface area contributed by atoms with Crippen molar-refractivity contribution in [1.82, 2.24) is 0 Å². The highest BCUT2D eigenvalue weighted by Gasteiger charge is 2.30. The van der Waals surface area contributed by atoms with Gasteiger partial charge in [-0.05, 0) is 42.5 Å². The van der Waals surface area contributed by atoms with Gasteiger partial charge >= 0.3 is 6.18 Å². The van der Waals surface area contributed by atoms with E-state index >= 15 is 0 Å². The first kappa shape index (κ1) is 18.5. The molecule has 0 saturated heterocycles. The molecule has 29 heavy (non-hydrogen) atoms. The summed E-state index contributed by atoms with van der Waals surface area (Å²) < 4.78 is 49.9. The lowest BCUT2D eigenvalue weighted by molar-refractivity contribution is -0.384. The number of halogens is 3. The Morgan fingerprint density at radius 1 is 0.793 bits per heavy atom. The van der Waals surface area contributed by atoms with E-state index in [0.29, 0.717) is 34.0 Å². The van der Waals surface area contributed by atoms with Crippen molar-refractivity contribution in [3.63, 3.8) is 0 Å². The smallest absolute Gasteiger partial charge is 0.416 e. The van der Waals surface area contributed by atoms with Crippen LogP contribution < -0.4 is 0 Å². The molecule has 0 spiro atoms. The molecule has 0 saturated carbocycles. The van der Waals surface area contributed by atoms with Crippen LogP contribution in [0.25, 0.3) is 34.0 Å². The van der Waals surface area contributed by atoms with Crippen LogP contribution in [0.5, 0.6) is 0 Å². The summed E-state index contributed by atoms with van der Waals surface area (Å²) in [4.78, 5) is 10.2. The van der Waals surface area contributed by atoms with E-state index in [1.165, 1.54) is 30.5 Å². The van der Waals surface area contributed by atoms with Crippen molar-refractivity contribution in [1.29, 1.82) is 0 Å². The standard InChI is InChI=1S/C21H12F3NO4/c22-21(23,24)16-3-1-2-14(10-16)18-8-9-19(29-18)15-11-20(28-12-15)13-4-6-17(7-5-13)25(26)27/h1-12H. The summed E-state index contributed by atoms with van der Waals surface area (Å²) in [7, 11) is 0. The second kappa shape index (κ2) is 6.97. The minimum Gasteiger partial charge on any atom is -0.464 e. The lowest BCUT2D eigenvalue weighted by Crippen LogP contribution is -2.04. The maximum absolute atomic E-state index is 12.9. The molecule has 2 aromatic heterocycles. The summed E-state index contributed by atoms with van der Waals surface area (Å²) in [6, 6.07) is 15.7. The Labute approximate surface area is 162 Å². The molecule has 0 fully saturated rings. The first-order valence-electron chi connectivity index (χ1n) is 8.42. The number of rotatable bonds is 4. The Hall–Kier alpha value is -3.81. The van der Waals surface area contributed by atoms with Crippen LogP contribution in [0.3, 0.4) is 0 Å². The monoisotopic (exact) mass is 399 g/mol. The lowest BCUT2D eigenvalue weighted by Gasteiger charge is -2.07. The van der Waals surface area contributed by atoms with Crippen molar-refractivity contribution < 1.29 is 26.9 Å². The fourth-order valence-electron chi connectivity index (χ4n) is 2.86. The minimum atomic E-state index is -4.43. The molecule has 0 aliphatic heterocycles. The number of hydrogen-bond acceptors (Lipinski definition) is 4. The SMILES string of the molecule is O=[N+]([O-])c1ccc(-c2cc(-c3ccc(-c4cccc(C(F)(F)F)c4)o3)co2)cc1. The van der Waals surface area contributed by atoms with Crippen LogP contribution in [0.15, 0.2) is 81.8 Å². The molecular formula is C21H12F3NO4. The van der Waals surface area contributed by atoms with E-state index in [1.807, 2.05) is 0 Å². The molecule has 4 rings (SSSR count). The highest BCUT2D eigenvalue weighted by Crippen LogP contribution is 2.35. The summed E-state index contributed by atoms with van der Waals surface area (Å²) in [6.07, 6.45) is -2.98. The van der Waals surface area contributed by atoms with Gasteiger partial charge in [-0.15, -0.1) is 0 Å². The molecule has 0 amide bonds. The topological polar surface area (TPSA) is 69.4 Å². The quantitative estimate of drug-likeness (QED) is 0.279. The molecule has 0 bridgehead atoms. The molecule has 0 radical (unpaired) electrons. The van der Waals surface area contributed by atoms with Gasteiger partial charge in [0, 0.05) is 23.3 Å². The van der Waals surface area contributed by atoms with Crippen LogP contribution in [0.4, 0.5) is 18.9 Å². The predicted molar refractivity (Wildman–Crippen MR) is 98.9 cm³/mol. The number of nitrogens with zero attached hydrogens (tertiary/aromatic N) is 1. The molecule has 2 aromatic carbocycles. The maximum Gasteiger partial charge on any atom is 0.416 e. The molecule has 0 aliphatic rings. The van der Waals surface area contributed by atoms with E-state index in [-0.39, 0.29) is 5.69 Å². The molecule has 0 aliphatic carbocycles. The summed E-state index contributed by atoms with van der Waals surface area (Å²) >= 11 is 0. The third-order valence-corrected chi connectivity index (χ3v) is 4.33. The first-order valence-corrected chi connectivity index (χ1v) is 8.42. The largest absolute Gasteiger partial charge is 0.464 e. The number of benzene rings is 2. The average Bonchev–Trinajstić information content (AvgIpc) is 3.37. The number of non-ortho nitro benzene ring substituents is 1. The predicted octanol–water partition coefficient (Wildman–Crippen LogP) is 6.80. The Bertz CT molecular complexity index is 1170. The zero-order valence-corrected chi connectivity index (χ0v) is 14.6.